The topological polar surface area (TPSA) is 83.1 Å². The smallest absolute Gasteiger partial charge is 0.296 e. The van der Waals surface area contributed by atoms with E-state index >= 15 is 0 Å². The van der Waals surface area contributed by atoms with Crippen molar-refractivity contribution in [1.82, 2.24) is 9.36 Å². The largest absolute Gasteiger partial charge is 0.390 e. The van der Waals surface area contributed by atoms with Crippen molar-refractivity contribution in [1.29, 1.82) is 0 Å². The SMILES string of the molecule is Cc1c(N(CCC(F)(F)F)S(=O)(=O)c2ccc(-c3nsc(=O)[nH]3)cc2)sc2ccccc12. The molecule has 0 bridgehead atoms. The van der Waals surface area contributed by atoms with Gasteiger partial charge in [-0.3, -0.25) is 14.1 Å². The predicted molar refractivity (Wildman–Crippen MR) is 120 cm³/mol. The van der Waals surface area contributed by atoms with Crippen molar-refractivity contribution in [3.8, 4) is 11.4 Å². The van der Waals surface area contributed by atoms with Crippen LogP contribution in [0.25, 0.3) is 21.5 Å². The summed E-state index contributed by atoms with van der Waals surface area (Å²) in [7, 11) is -4.29. The molecule has 0 aliphatic carbocycles. The van der Waals surface area contributed by atoms with E-state index < -0.39 is 29.2 Å². The number of alkyl halides is 3. The predicted octanol–water partition coefficient (Wildman–Crippen LogP) is 5.17. The normalized spacial score (nSPS) is 12.4. The van der Waals surface area contributed by atoms with E-state index in [4.69, 9.17) is 0 Å². The van der Waals surface area contributed by atoms with Crippen LogP contribution in [-0.4, -0.2) is 30.5 Å². The summed E-state index contributed by atoms with van der Waals surface area (Å²) in [6.07, 6.45) is -5.79. The number of nitrogens with zero attached hydrogens (tertiary/aromatic N) is 2. The van der Waals surface area contributed by atoms with E-state index in [9.17, 15) is 26.4 Å². The molecule has 0 amide bonds. The third-order valence-corrected chi connectivity index (χ3v) is 8.57. The maximum atomic E-state index is 13.4. The Morgan fingerprint density at radius 3 is 2.38 bits per heavy atom. The van der Waals surface area contributed by atoms with Crippen molar-refractivity contribution < 1.29 is 21.6 Å². The lowest BCUT2D eigenvalue weighted by Crippen LogP contribution is -2.34. The van der Waals surface area contributed by atoms with Gasteiger partial charge in [0.15, 0.2) is 5.82 Å². The fraction of sp³-hybridized carbons (Fsp3) is 0.200. The number of rotatable bonds is 6. The summed E-state index contributed by atoms with van der Waals surface area (Å²) in [5, 5.41) is 1.05. The average Bonchev–Trinajstić information content (AvgIpc) is 3.31. The van der Waals surface area contributed by atoms with Gasteiger partial charge in [0.05, 0.1) is 11.3 Å². The summed E-state index contributed by atoms with van der Waals surface area (Å²) in [6, 6.07) is 12.7. The van der Waals surface area contributed by atoms with Crippen LogP contribution in [-0.2, 0) is 10.0 Å². The molecule has 32 heavy (non-hydrogen) atoms. The van der Waals surface area contributed by atoms with Gasteiger partial charge in [0.25, 0.3) is 10.0 Å². The van der Waals surface area contributed by atoms with E-state index in [0.717, 1.165) is 37.3 Å². The Morgan fingerprint density at radius 1 is 1.09 bits per heavy atom. The van der Waals surface area contributed by atoms with E-state index in [1.54, 1.807) is 25.1 Å². The van der Waals surface area contributed by atoms with Crippen LogP contribution in [0.3, 0.4) is 0 Å². The van der Waals surface area contributed by atoms with Crippen LogP contribution < -0.4 is 9.18 Å². The number of fused-ring (bicyclic) bond motifs is 1. The Kier molecular flexibility index (Phi) is 5.86. The van der Waals surface area contributed by atoms with E-state index in [-0.39, 0.29) is 14.8 Å². The molecule has 4 aromatic rings. The molecule has 0 saturated heterocycles. The molecule has 0 aliphatic heterocycles. The molecule has 2 aromatic heterocycles. The van der Waals surface area contributed by atoms with Crippen molar-refractivity contribution >= 4 is 48.0 Å². The zero-order chi connectivity index (χ0) is 23.1. The maximum absolute atomic E-state index is 13.4. The van der Waals surface area contributed by atoms with Gasteiger partial charge < -0.3 is 0 Å². The third-order valence-electron chi connectivity index (χ3n) is 4.80. The summed E-state index contributed by atoms with van der Waals surface area (Å²) in [4.78, 5) is 13.3. The van der Waals surface area contributed by atoms with Crippen LogP contribution in [0.5, 0.6) is 0 Å². The molecular weight excluding hydrogens is 483 g/mol. The number of aromatic nitrogens is 2. The van der Waals surface area contributed by atoms with Crippen LogP contribution in [0.2, 0.25) is 0 Å². The molecule has 0 fully saturated rings. The number of hydrogen-bond acceptors (Lipinski definition) is 6. The lowest BCUT2D eigenvalue weighted by molar-refractivity contribution is -0.131. The van der Waals surface area contributed by atoms with Crippen molar-refractivity contribution in [3.05, 3.63) is 63.8 Å². The molecule has 2 heterocycles. The van der Waals surface area contributed by atoms with Gasteiger partial charge >= 0.3 is 11.0 Å². The molecule has 168 valence electrons. The second kappa shape index (κ2) is 8.34. The number of thiophene rings is 1. The number of nitrogens with one attached hydrogen (secondary N) is 1. The number of aromatic amines is 1. The minimum atomic E-state index is -4.52. The number of H-pyrrole nitrogens is 1. The van der Waals surface area contributed by atoms with Crippen molar-refractivity contribution in [2.45, 2.75) is 24.4 Å². The lowest BCUT2D eigenvalue weighted by atomic mass is 10.2. The highest BCUT2D eigenvalue weighted by Gasteiger charge is 2.34. The number of anilines is 1. The highest BCUT2D eigenvalue weighted by Crippen LogP contribution is 2.40. The van der Waals surface area contributed by atoms with Crippen molar-refractivity contribution in [2.24, 2.45) is 0 Å². The van der Waals surface area contributed by atoms with Crippen molar-refractivity contribution in [2.75, 3.05) is 10.8 Å². The third kappa shape index (κ3) is 4.43. The van der Waals surface area contributed by atoms with Gasteiger partial charge in [-0.1, -0.05) is 18.2 Å². The standard InChI is InChI=1S/C20H16F3N3O3S3/c1-12-15-4-2-3-5-16(15)30-18(12)26(11-10-20(21,22)23)32(28,29)14-8-6-13(7-9-14)17-24-19(27)31-25-17/h2-9H,10-11H2,1H3,(H,24,25,27). The van der Waals surface area contributed by atoms with Gasteiger partial charge in [-0.05, 0) is 48.2 Å². The average molecular weight is 500 g/mol. The molecule has 0 radical (unpaired) electrons. The van der Waals surface area contributed by atoms with Gasteiger partial charge in [0.1, 0.15) is 5.00 Å². The van der Waals surface area contributed by atoms with Crippen LogP contribution in [0, 0.1) is 6.92 Å². The second-order valence-corrected chi connectivity index (χ2v) is 10.6. The lowest BCUT2D eigenvalue weighted by Gasteiger charge is -2.24. The highest BCUT2D eigenvalue weighted by molar-refractivity contribution is 7.93. The summed E-state index contributed by atoms with van der Waals surface area (Å²) in [5.41, 5.74) is 1.09. The van der Waals surface area contributed by atoms with E-state index in [1.807, 2.05) is 6.07 Å². The zero-order valence-corrected chi connectivity index (χ0v) is 19.0. The minimum absolute atomic E-state index is 0.155. The van der Waals surface area contributed by atoms with E-state index in [0.29, 0.717) is 17.0 Å². The molecule has 0 saturated carbocycles. The summed E-state index contributed by atoms with van der Waals surface area (Å²) < 4.78 is 71.5. The first-order chi connectivity index (χ1) is 15.1. The Bertz CT molecular complexity index is 1420. The quantitative estimate of drug-likeness (QED) is 0.397. The van der Waals surface area contributed by atoms with Gasteiger partial charge in [0.2, 0.25) is 0 Å². The number of benzene rings is 2. The Morgan fingerprint density at radius 2 is 1.78 bits per heavy atom. The second-order valence-electron chi connectivity index (χ2n) is 6.94. The monoisotopic (exact) mass is 499 g/mol. The van der Waals surface area contributed by atoms with Crippen LogP contribution >= 0.6 is 22.9 Å². The Hall–Kier alpha value is -2.70. The number of halogens is 3. The maximum Gasteiger partial charge on any atom is 0.390 e. The number of hydrogen-bond donors (Lipinski definition) is 1. The zero-order valence-electron chi connectivity index (χ0n) is 16.5. The number of sulfonamides is 1. The molecule has 2 aromatic carbocycles. The Labute approximate surface area is 189 Å². The fourth-order valence-corrected chi connectivity index (χ4v) is 6.66. The molecule has 0 aliphatic rings. The van der Waals surface area contributed by atoms with Crippen molar-refractivity contribution in [3.63, 3.8) is 0 Å². The summed E-state index contributed by atoms with van der Waals surface area (Å²) in [6.45, 7) is 0.965. The molecule has 12 heteroatoms. The summed E-state index contributed by atoms with van der Waals surface area (Å²) in [5.74, 6) is 0.290. The van der Waals surface area contributed by atoms with Gasteiger partial charge in [0, 0.05) is 28.3 Å². The van der Waals surface area contributed by atoms with E-state index in [1.165, 1.54) is 24.3 Å². The van der Waals surface area contributed by atoms with Gasteiger partial charge in [-0.15, -0.1) is 11.3 Å². The highest BCUT2D eigenvalue weighted by atomic mass is 32.2. The molecule has 4 rings (SSSR count). The molecule has 1 N–H and O–H groups in total. The van der Waals surface area contributed by atoms with Crippen LogP contribution in [0.15, 0.2) is 58.2 Å². The minimum Gasteiger partial charge on any atom is -0.296 e. The molecule has 6 nitrogen and oxygen atoms in total. The summed E-state index contributed by atoms with van der Waals surface area (Å²) >= 11 is 1.87. The molecular formula is C20H16F3N3O3S3. The molecule has 0 atom stereocenters. The first-order valence-corrected chi connectivity index (χ1v) is 12.3. The van der Waals surface area contributed by atoms with E-state index in [2.05, 4.69) is 9.36 Å². The van der Waals surface area contributed by atoms with Gasteiger partial charge in [-0.25, -0.2) is 8.42 Å². The molecule has 0 unspecified atom stereocenters. The molecule has 0 spiro atoms. The van der Waals surface area contributed by atoms with Crippen LogP contribution in [0.1, 0.15) is 12.0 Å². The number of aryl methyl sites for hydroxylation is 1. The van der Waals surface area contributed by atoms with Crippen LogP contribution in [0.4, 0.5) is 18.2 Å². The van der Waals surface area contributed by atoms with Gasteiger partial charge in [-0.2, -0.15) is 17.5 Å². The Balaban J connectivity index is 1.77. The first kappa shape index (κ1) is 22.5. The fourth-order valence-electron chi connectivity index (χ4n) is 3.22. The first-order valence-electron chi connectivity index (χ1n) is 9.30.